The number of nitrogens with one attached hydrogen (secondary N) is 1. The predicted octanol–water partition coefficient (Wildman–Crippen LogP) is 1.84. The second-order valence-corrected chi connectivity index (χ2v) is 7.46. The number of aromatic nitrogens is 2. The van der Waals surface area contributed by atoms with Gasteiger partial charge in [-0.15, -0.1) is 0 Å². The van der Waals surface area contributed by atoms with Gasteiger partial charge in [0.2, 0.25) is 0 Å². The zero-order valence-electron chi connectivity index (χ0n) is 15.3. The van der Waals surface area contributed by atoms with Crippen molar-refractivity contribution in [3.05, 3.63) is 36.0 Å². The highest BCUT2D eigenvalue weighted by Gasteiger charge is 2.32. The lowest BCUT2D eigenvalue weighted by atomic mass is 9.91. The lowest BCUT2D eigenvalue weighted by Crippen LogP contribution is -2.55. The van der Waals surface area contributed by atoms with E-state index in [0.29, 0.717) is 24.5 Å². The molecule has 144 valence electrons. The molecule has 0 bridgehead atoms. The average molecular weight is 370 g/mol. The van der Waals surface area contributed by atoms with Gasteiger partial charge in [-0.25, -0.2) is 0 Å². The second-order valence-electron chi connectivity index (χ2n) is 7.46. The Morgan fingerprint density at radius 2 is 1.78 bits per heavy atom. The number of hydrogen-bond donors (Lipinski definition) is 3. The Balaban J connectivity index is 1.37. The number of amides is 1. The number of carbonyl (C=O) groups is 1. The number of H-pyrrole nitrogens is 1. The Morgan fingerprint density at radius 3 is 2.48 bits per heavy atom. The molecule has 1 aromatic carbocycles. The van der Waals surface area contributed by atoms with Gasteiger partial charge in [0.15, 0.2) is 0 Å². The number of phenols is 1. The van der Waals surface area contributed by atoms with Crippen molar-refractivity contribution in [2.24, 2.45) is 0 Å². The highest BCUT2D eigenvalue weighted by atomic mass is 16.3. The van der Waals surface area contributed by atoms with Crippen LogP contribution in [0, 0.1) is 0 Å². The van der Waals surface area contributed by atoms with Crippen LogP contribution < -0.4 is 0 Å². The number of carbonyl (C=O) groups excluding carboxylic acids is 1. The minimum absolute atomic E-state index is 0.0450. The third-order valence-electron chi connectivity index (χ3n) is 5.74. The van der Waals surface area contributed by atoms with Crippen molar-refractivity contribution < 1.29 is 15.0 Å². The standard InChI is InChI=1S/C20H26N4O3/c25-15-7-5-14(6-8-15)16-13-17(22-21-16)20(27)24-11-9-23(10-12-24)18-3-1-2-4-19(18)26/h5-8,13,18-19,25-26H,1-4,9-12H2,(H,21,22)/t18-,19-/m0/s1. The summed E-state index contributed by atoms with van der Waals surface area (Å²) in [5.41, 5.74) is 2.01. The highest BCUT2D eigenvalue weighted by Crippen LogP contribution is 2.25. The van der Waals surface area contributed by atoms with Crippen LogP contribution in [0.15, 0.2) is 30.3 Å². The molecule has 0 spiro atoms. The van der Waals surface area contributed by atoms with Crippen LogP contribution in [-0.4, -0.2) is 74.4 Å². The van der Waals surface area contributed by atoms with E-state index in [1.165, 1.54) is 6.42 Å². The molecule has 0 unspecified atom stereocenters. The van der Waals surface area contributed by atoms with Gasteiger partial charge in [-0.2, -0.15) is 5.10 Å². The van der Waals surface area contributed by atoms with Crippen molar-refractivity contribution in [3.8, 4) is 17.0 Å². The summed E-state index contributed by atoms with van der Waals surface area (Å²) in [6.45, 7) is 2.92. The van der Waals surface area contributed by atoms with E-state index >= 15 is 0 Å². The summed E-state index contributed by atoms with van der Waals surface area (Å²) >= 11 is 0. The van der Waals surface area contributed by atoms with Crippen LogP contribution in [0.25, 0.3) is 11.3 Å². The predicted molar refractivity (Wildman–Crippen MR) is 101 cm³/mol. The van der Waals surface area contributed by atoms with Crippen molar-refractivity contribution in [2.45, 2.75) is 37.8 Å². The van der Waals surface area contributed by atoms with Crippen LogP contribution in [-0.2, 0) is 0 Å². The van der Waals surface area contributed by atoms with E-state index in [-0.39, 0.29) is 23.8 Å². The molecule has 2 aliphatic rings. The van der Waals surface area contributed by atoms with E-state index in [1.807, 2.05) is 4.90 Å². The maximum atomic E-state index is 12.8. The van der Waals surface area contributed by atoms with E-state index in [2.05, 4.69) is 15.1 Å². The average Bonchev–Trinajstić information content (AvgIpc) is 3.19. The summed E-state index contributed by atoms with van der Waals surface area (Å²) in [5, 5.41) is 26.7. The first kappa shape index (κ1) is 18.0. The van der Waals surface area contributed by atoms with Crippen molar-refractivity contribution in [1.29, 1.82) is 0 Å². The van der Waals surface area contributed by atoms with Crippen molar-refractivity contribution in [1.82, 2.24) is 20.0 Å². The first-order valence-corrected chi connectivity index (χ1v) is 9.68. The molecule has 1 aromatic heterocycles. The van der Waals surface area contributed by atoms with E-state index in [0.717, 1.165) is 37.9 Å². The van der Waals surface area contributed by atoms with E-state index in [9.17, 15) is 15.0 Å². The van der Waals surface area contributed by atoms with Gasteiger partial charge in [-0.05, 0) is 43.2 Å². The van der Waals surface area contributed by atoms with E-state index in [4.69, 9.17) is 0 Å². The zero-order valence-corrected chi connectivity index (χ0v) is 15.3. The minimum Gasteiger partial charge on any atom is -0.508 e. The van der Waals surface area contributed by atoms with Gasteiger partial charge in [0.05, 0.1) is 11.8 Å². The molecule has 2 fully saturated rings. The minimum atomic E-state index is -0.235. The van der Waals surface area contributed by atoms with Gasteiger partial charge in [-0.3, -0.25) is 14.8 Å². The van der Waals surface area contributed by atoms with Crippen LogP contribution in [0.3, 0.4) is 0 Å². The zero-order chi connectivity index (χ0) is 18.8. The number of rotatable bonds is 3. The fourth-order valence-electron chi connectivity index (χ4n) is 4.16. The first-order valence-electron chi connectivity index (χ1n) is 9.68. The molecular weight excluding hydrogens is 344 g/mol. The number of aromatic hydroxyl groups is 1. The molecule has 27 heavy (non-hydrogen) atoms. The molecule has 1 saturated heterocycles. The number of piperazine rings is 1. The molecule has 3 N–H and O–H groups in total. The molecule has 7 heteroatoms. The van der Waals surface area contributed by atoms with Crippen molar-refractivity contribution in [3.63, 3.8) is 0 Å². The fourth-order valence-corrected chi connectivity index (χ4v) is 4.16. The molecule has 2 aromatic rings. The van der Waals surface area contributed by atoms with Gasteiger partial charge in [0.1, 0.15) is 11.4 Å². The summed E-state index contributed by atoms with van der Waals surface area (Å²) < 4.78 is 0. The van der Waals surface area contributed by atoms with E-state index in [1.54, 1.807) is 30.3 Å². The Labute approximate surface area is 158 Å². The third-order valence-corrected chi connectivity index (χ3v) is 5.74. The van der Waals surface area contributed by atoms with Gasteiger partial charge in [0.25, 0.3) is 5.91 Å². The summed E-state index contributed by atoms with van der Waals surface area (Å²) in [5.74, 6) is 0.155. The second kappa shape index (κ2) is 7.70. The number of nitrogens with zero attached hydrogens (tertiary/aromatic N) is 3. The normalized spacial score (nSPS) is 24.1. The Bertz CT molecular complexity index is 781. The van der Waals surface area contributed by atoms with Crippen LogP contribution >= 0.6 is 0 Å². The molecular formula is C20H26N4O3. The molecule has 2 atom stereocenters. The molecule has 7 nitrogen and oxygen atoms in total. The van der Waals surface area contributed by atoms with Crippen molar-refractivity contribution in [2.75, 3.05) is 26.2 Å². The van der Waals surface area contributed by atoms with Crippen molar-refractivity contribution >= 4 is 5.91 Å². The third kappa shape index (κ3) is 3.84. The lowest BCUT2D eigenvalue weighted by molar-refractivity contribution is -0.00183. The summed E-state index contributed by atoms with van der Waals surface area (Å²) in [4.78, 5) is 17.0. The fraction of sp³-hybridized carbons (Fsp3) is 0.500. The van der Waals surface area contributed by atoms with Crippen LogP contribution in [0.2, 0.25) is 0 Å². The Kier molecular flexibility index (Phi) is 5.13. The van der Waals surface area contributed by atoms with Gasteiger partial charge in [0, 0.05) is 37.8 Å². The number of aliphatic hydroxyl groups is 1. The highest BCUT2D eigenvalue weighted by molar-refractivity contribution is 5.93. The summed E-state index contributed by atoms with van der Waals surface area (Å²) in [6.07, 6.45) is 3.99. The Morgan fingerprint density at radius 1 is 1.07 bits per heavy atom. The van der Waals surface area contributed by atoms with Gasteiger partial charge in [-0.1, -0.05) is 12.8 Å². The molecule has 4 rings (SSSR count). The molecule has 1 aliphatic carbocycles. The molecule has 1 aliphatic heterocycles. The van der Waals surface area contributed by atoms with E-state index < -0.39 is 0 Å². The molecule has 0 radical (unpaired) electrons. The maximum absolute atomic E-state index is 12.8. The molecule has 1 amide bonds. The largest absolute Gasteiger partial charge is 0.508 e. The van der Waals surface area contributed by atoms with Gasteiger partial charge < -0.3 is 15.1 Å². The Hall–Kier alpha value is -2.38. The quantitative estimate of drug-likeness (QED) is 0.767. The topological polar surface area (TPSA) is 92.7 Å². The lowest BCUT2D eigenvalue weighted by Gasteiger charge is -2.42. The summed E-state index contributed by atoms with van der Waals surface area (Å²) in [7, 11) is 0. The number of benzene rings is 1. The van der Waals surface area contributed by atoms with Gasteiger partial charge >= 0.3 is 0 Å². The number of aliphatic hydroxyl groups excluding tert-OH is 1. The summed E-state index contributed by atoms with van der Waals surface area (Å²) in [6, 6.07) is 8.74. The SMILES string of the molecule is O=C(c1cc(-c2ccc(O)cc2)n[nH]1)N1CCN([C@H]2CCCC[C@@H]2O)CC1. The molecule has 2 heterocycles. The smallest absolute Gasteiger partial charge is 0.271 e. The molecule has 1 saturated carbocycles. The maximum Gasteiger partial charge on any atom is 0.271 e. The van der Waals surface area contributed by atoms with Crippen LogP contribution in [0.5, 0.6) is 5.75 Å². The number of hydrogen-bond acceptors (Lipinski definition) is 5. The first-order chi connectivity index (χ1) is 13.1. The number of aromatic amines is 1. The van der Waals surface area contributed by atoms with Crippen LogP contribution in [0.4, 0.5) is 0 Å². The number of phenolic OH excluding ortho intramolecular Hbond substituents is 1. The monoisotopic (exact) mass is 370 g/mol. The van der Waals surface area contributed by atoms with Crippen LogP contribution in [0.1, 0.15) is 36.2 Å².